The molecule has 0 fully saturated rings. The molecule has 2 aromatic rings. The molecule has 2 heterocycles. The molecule has 1 aliphatic heterocycles. The number of rotatable bonds is 2. The van der Waals surface area contributed by atoms with Crippen LogP contribution in [0.3, 0.4) is 0 Å². The zero-order valence-electron chi connectivity index (χ0n) is 12.0. The summed E-state index contributed by atoms with van der Waals surface area (Å²) in [5, 5.41) is 0. The summed E-state index contributed by atoms with van der Waals surface area (Å²) in [6.45, 7) is 2.16. The van der Waals surface area contributed by atoms with E-state index in [0.717, 1.165) is 24.4 Å². The highest BCUT2D eigenvalue weighted by Crippen LogP contribution is 2.32. The van der Waals surface area contributed by atoms with Gasteiger partial charge in [0.15, 0.2) is 0 Å². The van der Waals surface area contributed by atoms with Gasteiger partial charge in [0.1, 0.15) is 5.84 Å². The van der Waals surface area contributed by atoms with Gasteiger partial charge in [-0.15, -0.1) is 0 Å². The lowest BCUT2D eigenvalue weighted by molar-refractivity contribution is 0.369. The Morgan fingerprint density at radius 1 is 1.20 bits per heavy atom. The van der Waals surface area contributed by atoms with Crippen molar-refractivity contribution in [2.45, 2.75) is 25.8 Å². The first-order valence-corrected chi connectivity index (χ1v) is 7.08. The van der Waals surface area contributed by atoms with Crippen LogP contribution in [0.4, 0.5) is 5.69 Å². The van der Waals surface area contributed by atoms with Crippen molar-refractivity contribution in [2.75, 3.05) is 7.05 Å². The normalized spacial score (nSPS) is 18.2. The average Bonchev–Trinajstić information content (AvgIpc) is 2.65. The summed E-state index contributed by atoms with van der Waals surface area (Å²) in [6, 6.07) is 12.9. The Hall–Kier alpha value is -2.16. The number of likely N-dealkylation sites (N-methyl/N-ethyl adjacent to an activating group) is 1. The van der Waals surface area contributed by atoms with E-state index in [0.29, 0.717) is 6.04 Å². The molecule has 3 nitrogen and oxygen atoms in total. The molecule has 0 bridgehead atoms. The molecule has 0 aliphatic carbocycles. The quantitative estimate of drug-likeness (QED) is 0.827. The van der Waals surface area contributed by atoms with Crippen LogP contribution in [-0.4, -0.2) is 22.8 Å². The second-order valence-electron chi connectivity index (χ2n) is 5.13. The molecule has 1 aromatic carbocycles. The summed E-state index contributed by atoms with van der Waals surface area (Å²) in [6.07, 6.45) is 5.68. The fourth-order valence-corrected chi connectivity index (χ4v) is 2.78. The summed E-state index contributed by atoms with van der Waals surface area (Å²) < 4.78 is 0. The van der Waals surface area contributed by atoms with Crippen LogP contribution in [0.2, 0.25) is 0 Å². The van der Waals surface area contributed by atoms with Crippen molar-refractivity contribution in [3.63, 3.8) is 0 Å². The van der Waals surface area contributed by atoms with Crippen LogP contribution in [0.15, 0.2) is 53.8 Å². The van der Waals surface area contributed by atoms with Gasteiger partial charge in [0.05, 0.1) is 11.7 Å². The predicted molar refractivity (Wildman–Crippen MR) is 82.3 cm³/mol. The van der Waals surface area contributed by atoms with Gasteiger partial charge in [0.25, 0.3) is 0 Å². The van der Waals surface area contributed by atoms with Crippen molar-refractivity contribution in [2.24, 2.45) is 4.99 Å². The molecule has 0 N–H and O–H groups in total. The number of pyridine rings is 1. The number of nitrogens with zero attached hydrogens (tertiary/aromatic N) is 3. The van der Waals surface area contributed by atoms with Crippen molar-refractivity contribution in [3.8, 4) is 0 Å². The van der Waals surface area contributed by atoms with Crippen molar-refractivity contribution < 1.29 is 0 Å². The molecule has 20 heavy (non-hydrogen) atoms. The van der Waals surface area contributed by atoms with Crippen LogP contribution in [-0.2, 0) is 6.42 Å². The first-order valence-electron chi connectivity index (χ1n) is 7.08. The fourth-order valence-electron chi connectivity index (χ4n) is 2.78. The maximum atomic E-state index is 4.84. The van der Waals surface area contributed by atoms with Gasteiger partial charge in [-0.1, -0.05) is 31.2 Å². The molecule has 0 spiro atoms. The maximum Gasteiger partial charge on any atom is 0.105 e. The number of fused-ring (bicyclic) bond motifs is 1. The highest BCUT2D eigenvalue weighted by Gasteiger charge is 2.24. The van der Waals surface area contributed by atoms with Crippen LogP contribution in [0, 0.1) is 0 Å². The van der Waals surface area contributed by atoms with E-state index >= 15 is 0 Å². The van der Waals surface area contributed by atoms with E-state index in [1.807, 2.05) is 18.5 Å². The first-order chi connectivity index (χ1) is 9.79. The smallest absolute Gasteiger partial charge is 0.105 e. The molecule has 1 atom stereocenters. The van der Waals surface area contributed by atoms with Crippen LogP contribution in [0.1, 0.15) is 30.5 Å². The summed E-state index contributed by atoms with van der Waals surface area (Å²) >= 11 is 0. The van der Waals surface area contributed by atoms with Crippen molar-refractivity contribution in [1.29, 1.82) is 0 Å². The molecule has 3 heteroatoms. The molecule has 1 aliphatic rings. The fraction of sp³-hybridized carbons (Fsp3) is 0.294. The topological polar surface area (TPSA) is 28.5 Å². The third kappa shape index (κ3) is 2.31. The van der Waals surface area contributed by atoms with Crippen LogP contribution in [0.5, 0.6) is 0 Å². The summed E-state index contributed by atoms with van der Waals surface area (Å²) in [4.78, 5) is 11.4. The molecule has 0 radical (unpaired) electrons. The number of amidine groups is 1. The van der Waals surface area contributed by atoms with Crippen molar-refractivity contribution in [1.82, 2.24) is 9.88 Å². The van der Waals surface area contributed by atoms with Crippen molar-refractivity contribution in [3.05, 3.63) is 59.9 Å². The number of hydrogen-bond donors (Lipinski definition) is 0. The third-order valence-corrected chi connectivity index (χ3v) is 3.91. The van der Waals surface area contributed by atoms with Gasteiger partial charge in [-0.05, 0) is 29.7 Å². The maximum absolute atomic E-state index is 4.84. The molecule has 3 rings (SSSR count). The van der Waals surface area contributed by atoms with Gasteiger partial charge in [0, 0.05) is 25.9 Å². The SMILES string of the molecule is CCC1=Nc2ccccc2CC(c2cccnc2)N1C. The number of aliphatic imine (C=N–C) groups is 1. The molecule has 1 unspecified atom stereocenters. The Bertz CT molecular complexity index is 619. The van der Waals surface area contributed by atoms with Gasteiger partial charge < -0.3 is 4.90 Å². The van der Waals surface area contributed by atoms with Gasteiger partial charge in [-0.2, -0.15) is 0 Å². The molecular weight excluding hydrogens is 246 g/mol. The Morgan fingerprint density at radius 3 is 2.80 bits per heavy atom. The Balaban J connectivity index is 2.07. The lowest BCUT2D eigenvalue weighted by Gasteiger charge is -2.29. The molecular formula is C17H19N3. The number of para-hydroxylation sites is 1. The van der Waals surface area contributed by atoms with Gasteiger partial charge in [-0.25, -0.2) is 4.99 Å². The number of hydrogen-bond acceptors (Lipinski definition) is 3. The Labute approximate surface area is 120 Å². The minimum absolute atomic E-state index is 0.297. The van der Waals surface area contributed by atoms with Gasteiger partial charge in [0.2, 0.25) is 0 Å². The van der Waals surface area contributed by atoms with Crippen molar-refractivity contribution >= 4 is 11.5 Å². The van der Waals surface area contributed by atoms with E-state index in [-0.39, 0.29) is 0 Å². The van der Waals surface area contributed by atoms with Crippen LogP contribution >= 0.6 is 0 Å². The lowest BCUT2D eigenvalue weighted by Crippen LogP contribution is -2.31. The van der Waals surface area contributed by atoms with E-state index in [9.17, 15) is 0 Å². The minimum atomic E-state index is 0.297. The number of benzene rings is 1. The molecule has 0 saturated heterocycles. The van der Waals surface area contributed by atoms with E-state index in [4.69, 9.17) is 4.99 Å². The molecule has 0 amide bonds. The highest BCUT2D eigenvalue weighted by molar-refractivity contribution is 5.86. The highest BCUT2D eigenvalue weighted by atomic mass is 15.2. The van der Waals surface area contributed by atoms with E-state index in [1.165, 1.54) is 11.1 Å². The van der Waals surface area contributed by atoms with E-state index < -0.39 is 0 Å². The van der Waals surface area contributed by atoms with E-state index in [2.05, 4.69) is 54.2 Å². The summed E-state index contributed by atoms with van der Waals surface area (Å²) in [5.74, 6) is 1.13. The van der Waals surface area contributed by atoms with Gasteiger partial charge >= 0.3 is 0 Å². The van der Waals surface area contributed by atoms with Crippen LogP contribution < -0.4 is 0 Å². The lowest BCUT2D eigenvalue weighted by atomic mass is 9.98. The second-order valence-corrected chi connectivity index (χ2v) is 5.13. The first kappa shape index (κ1) is 12.9. The Kier molecular flexibility index (Phi) is 3.50. The minimum Gasteiger partial charge on any atom is -0.356 e. The molecule has 0 saturated carbocycles. The second kappa shape index (κ2) is 5.45. The zero-order valence-corrected chi connectivity index (χ0v) is 12.0. The third-order valence-electron chi connectivity index (χ3n) is 3.91. The summed E-state index contributed by atoms with van der Waals surface area (Å²) in [7, 11) is 2.13. The number of aromatic nitrogens is 1. The molecule has 1 aromatic heterocycles. The van der Waals surface area contributed by atoms with Gasteiger partial charge in [-0.3, -0.25) is 4.98 Å². The largest absolute Gasteiger partial charge is 0.356 e. The monoisotopic (exact) mass is 265 g/mol. The average molecular weight is 265 g/mol. The standard InChI is InChI=1S/C17H19N3/c1-3-17-19-15-9-5-4-7-13(15)11-16(20(17)2)14-8-6-10-18-12-14/h4-10,12,16H,3,11H2,1-2H3. The predicted octanol–water partition coefficient (Wildman–Crippen LogP) is 3.75. The van der Waals surface area contributed by atoms with Crippen LogP contribution in [0.25, 0.3) is 0 Å². The van der Waals surface area contributed by atoms with E-state index in [1.54, 1.807) is 0 Å². The molecule has 102 valence electrons. The zero-order chi connectivity index (χ0) is 13.9. The summed E-state index contributed by atoms with van der Waals surface area (Å²) in [5.41, 5.74) is 3.65. The Morgan fingerprint density at radius 2 is 2.05 bits per heavy atom.